The number of rotatable bonds is 16. The fourth-order valence-corrected chi connectivity index (χ4v) is 3.50. The molecule has 0 aliphatic rings. The summed E-state index contributed by atoms with van der Waals surface area (Å²) in [5.74, 6) is -0.156. The summed E-state index contributed by atoms with van der Waals surface area (Å²) in [5, 5.41) is 9.66. The Bertz CT molecular complexity index is 250. The van der Waals surface area contributed by atoms with E-state index < -0.39 is 11.4 Å². The molecular weight excluding hydrogens is 292 g/mol. The van der Waals surface area contributed by atoms with Gasteiger partial charge >= 0.3 is 5.97 Å². The van der Waals surface area contributed by atoms with Crippen molar-refractivity contribution in [1.29, 1.82) is 0 Å². The number of carboxylic acids is 1. The smallest absolute Gasteiger partial charge is 0.310 e. The maximum Gasteiger partial charge on any atom is 0.310 e. The van der Waals surface area contributed by atoms with Crippen molar-refractivity contribution in [2.75, 3.05) is 5.75 Å². The zero-order chi connectivity index (χ0) is 16.7. The van der Waals surface area contributed by atoms with Crippen molar-refractivity contribution in [3.05, 3.63) is 0 Å². The summed E-state index contributed by atoms with van der Waals surface area (Å²) in [4.78, 5) is 11.7. The first-order valence-electron chi connectivity index (χ1n) is 9.47. The van der Waals surface area contributed by atoms with Crippen LogP contribution in [0.2, 0.25) is 0 Å². The molecule has 0 heterocycles. The molecule has 0 saturated heterocycles. The predicted octanol–water partition coefficient (Wildman–Crippen LogP) is 6.49. The lowest BCUT2D eigenvalue weighted by Gasteiger charge is -2.28. The number of carbonyl (C=O) groups is 1. The fraction of sp³-hybridized carbons (Fsp3) is 0.947. The third-order valence-corrected chi connectivity index (χ3v) is 5.38. The van der Waals surface area contributed by atoms with Crippen molar-refractivity contribution in [2.24, 2.45) is 5.41 Å². The van der Waals surface area contributed by atoms with Crippen LogP contribution in [0.25, 0.3) is 0 Å². The summed E-state index contributed by atoms with van der Waals surface area (Å²) in [7, 11) is 0. The Balaban J connectivity index is 4.04. The Labute approximate surface area is 143 Å². The highest BCUT2D eigenvalue weighted by Crippen LogP contribution is 2.33. The molecule has 0 spiro atoms. The summed E-state index contributed by atoms with van der Waals surface area (Å²) < 4.78 is 0. The topological polar surface area (TPSA) is 37.3 Å². The lowest BCUT2D eigenvalue weighted by atomic mass is 9.79. The first-order valence-corrected chi connectivity index (χ1v) is 10.1. The van der Waals surface area contributed by atoms with E-state index >= 15 is 0 Å². The number of hydrogen-bond acceptors (Lipinski definition) is 2. The summed E-state index contributed by atoms with van der Waals surface area (Å²) in [5.41, 5.74) is -0.585. The molecule has 22 heavy (non-hydrogen) atoms. The number of thiol groups is 1. The molecule has 0 bridgehead atoms. The van der Waals surface area contributed by atoms with Gasteiger partial charge in [0.15, 0.2) is 0 Å². The summed E-state index contributed by atoms with van der Waals surface area (Å²) in [6.07, 6.45) is 16.2. The first kappa shape index (κ1) is 21.8. The molecule has 0 fully saturated rings. The molecule has 0 aliphatic heterocycles. The Morgan fingerprint density at radius 1 is 0.773 bits per heavy atom. The minimum atomic E-state index is -0.635. The third-order valence-electron chi connectivity index (χ3n) is 4.77. The van der Waals surface area contributed by atoms with Gasteiger partial charge in [-0.3, -0.25) is 4.79 Å². The van der Waals surface area contributed by atoms with Crippen LogP contribution in [0.3, 0.4) is 0 Å². The van der Waals surface area contributed by atoms with Crippen LogP contribution in [0.15, 0.2) is 0 Å². The van der Waals surface area contributed by atoms with E-state index in [-0.39, 0.29) is 0 Å². The second kappa shape index (κ2) is 14.4. The Kier molecular flexibility index (Phi) is 14.3. The SMILES string of the molecule is CCCCCCCCC(CS)(CCCCCCCC)C(=O)O. The van der Waals surface area contributed by atoms with Crippen molar-refractivity contribution in [1.82, 2.24) is 0 Å². The molecule has 0 amide bonds. The zero-order valence-corrected chi connectivity index (χ0v) is 15.8. The molecule has 0 aromatic rings. The molecule has 3 heteroatoms. The molecule has 0 rings (SSSR count). The average Bonchev–Trinajstić information content (AvgIpc) is 2.51. The molecule has 2 nitrogen and oxygen atoms in total. The van der Waals surface area contributed by atoms with Gasteiger partial charge in [-0.15, -0.1) is 0 Å². The van der Waals surface area contributed by atoms with E-state index in [0.29, 0.717) is 5.75 Å². The standard InChI is InChI=1S/C19H38O2S/c1-3-5-7-9-11-13-15-19(17-22,18(20)21)16-14-12-10-8-6-4-2/h22H,3-17H2,1-2H3,(H,20,21). The fourth-order valence-electron chi connectivity index (χ4n) is 3.05. The van der Waals surface area contributed by atoms with Gasteiger partial charge in [-0.05, 0) is 12.8 Å². The lowest BCUT2D eigenvalue weighted by Crippen LogP contribution is -2.33. The molecule has 0 aromatic heterocycles. The van der Waals surface area contributed by atoms with Crippen LogP contribution in [0.5, 0.6) is 0 Å². The molecule has 0 atom stereocenters. The van der Waals surface area contributed by atoms with E-state index in [4.69, 9.17) is 0 Å². The molecule has 0 unspecified atom stereocenters. The highest BCUT2D eigenvalue weighted by molar-refractivity contribution is 7.80. The Morgan fingerprint density at radius 2 is 1.14 bits per heavy atom. The van der Waals surface area contributed by atoms with Gasteiger partial charge in [0.2, 0.25) is 0 Å². The first-order chi connectivity index (χ1) is 10.6. The van der Waals surface area contributed by atoms with E-state index in [1.807, 2.05) is 0 Å². The van der Waals surface area contributed by atoms with Crippen molar-refractivity contribution in [3.63, 3.8) is 0 Å². The van der Waals surface area contributed by atoms with Gasteiger partial charge in [0.25, 0.3) is 0 Å². The van der Waals surface area contributed by atoms with Crippen molar-refractivity contribution >= 4 is 18.6 Å². The number of aliphatic carboxylic acids is 1. The van der Waals surface area contributed by atoms with Crippen molar-refractivity contribution in [2.45, 2.75) is 104 Å². The molecule has 0 aromatic carbocycles. The second-order valence-electron chi connectivity index (χ2n) is 6.78. The highest BCUT2D eigenvalue weighted by Gasteiger charge is 2.35. The Morgan fingerprint density at radius 3 is 1.45 bits per heavy atom. The van der Waals surface area contributed by atoms with Gasteiger partial charge in [0, 0.05) is 5.75 Å². The van der Waals surface area contributed by atoms with Gasteiger partial charge in [0.1, 0.15) is 0 Å². The molecule has 0 aliphatic carbocycles. The number of unbranched alkanes of at least 4 members (excludes halogenated alkanes) is 10. The maximum atomic E-state index is 11.7. The van der Waals surface area contributed by atoms with E-state index in [0.717, 1.165) is 25.7 Å². The third kappa shape index (κ3) is 9.76. The Hall–Kier alpha value is -0.180. The minimum Gasteiger partial charge on any atom is -0.481 e. The average molecular weight is 331 g/mol. The molecule has 1 N–H and O–H groups in total. The van der Waals surface area contributed by atoms with Crippen molar-refractivity contribution in [3.8, 4) is 0 Å². The van der Waals surface area contributed by atoms with Gasteiger partial charge in [-0.2, -0.15) is 12.6 Å². The monoisotopic (exact) mass is 330 g/mol. The van der Waals surface area contributed by atoms with Gasteiger partial charge in [-0.25, -0.2) is 0 Å². The normalized spacial score (nSPS) is 11.8. The highest BCUT2D eigenvalue weighted by atomic mass is 32.1. The van der Waals surface area contributed by atoms with E-state index in [1.54, 1.807) is 0 Å². The van der Waals surface area contributed by atoms with Crippen LogP contribution in [0, 0.1) is 5.41 Å². The van der Waals surface area contributed by atoms with E-state index in [9.17, 15) is 9.90 Å². The number of carboxylic acid groups (broad SMARTS) is 1. The minimum absolute atomic E-state index is 0.478. The summed E-state index contributed by atoms with van der Waals surface area (Å²) >= 11 is 4.38. The summed E-state index contributed by atoms with van der Waals surface area (Å²) in [6.45, 7) is 4.44. The largest absolute Gasteiger partial charge is 0.481 e. The van der Waals surface area contributed by atoms with Crippen LogP contribution in [0.1, 0.15) is 104 Å². The molecule has 132 valence electrons. The molecule has 0 radical (unpaired) electrons. The van der Waals surface area contributed by atoms with E-state index in [2.05, 4.69) is 26.5 Å². The zero-order valence-electron chi connectivity index (χ0n) is 14.9. The van der Waals surface area contributed by atoms with Gasteiger partial charge in [-0.1, -0.05) is 90.9 Å². The molecular formula is C19H38O2S. The van der Waals surface area contributed by atoms with Crippen LogP contribution in [-0.4, -0.2) is 16.8 Å². The predicted molar refractivity (Wildman–Crippen MR) is 99.9 cm³/mol. The second-order valence-corrected chi connectivity index (χ2v) is 7.10. The summed E-state index contributed by atoms with van der Waals surface area (Å²) in [6, 6.07) is 0. The van der Waals surface area contributed by atoms with Crippen LogP contribution >= 0.6 is 12.6 Å². The van der Waals surface area contributed by atoms with Gasteiger partial charge < -0.3 is 5.11 Å². The van der Waals surface area contributed by atoms with E-state index in [1.165, 1.54) is 64.2 Å². The van der Waals surface area contributed by atoms with Crippen molar-refractivity contribution < 1.29 is 9.90 Å². The maximum absolute atomic E-state index is 11.7. The lowest BCUT2D eigenvalue weighted by molar-refractivity contribution is -0.148. The quantitative estimate of drug-likeness (QED) is 0.251. The molecule has 0 saturated carbocycles. The van der Waals surface area contributed by atoms with Gasteiger partial charge in [0.05, 0.1) is 5.41 Å². The van der Waals surface area contributed by atoms with Crippen LogP contribution in [-0.2, 0) is 4.79 Å². The van der Waals surface area contributed by atoms with Crippen LogP contribution < -0.4 is 0 Å². The number of hydrogen-bond donors (Lipinski definition) is 2. The van der Waals surface area contributed by atoms with Crippen LogP contribution in [0.4, 0.5) is 0 Å².